The summed E-state index contributed by atoms with van der Waals surface area (Å²) >= 11 is 0. The Bertz CT molecular complexity index is 531. The minimum absolute atomic E-state index is 0.0452. The van der Waals surface area contributed by atoms with Gasteiger partial charge in [0.05, 0.1) is 5.56 Å². The zero-order valence-corrected chi connectivity index (χ0v) is 8.47. The lowest BCUT2D eigenvalue weighted by Crippen LogP contribution is -2.08. The van der Waals surface area contributed by atoms with Gasteiger partial charge in [-0.25, -0.2) is 4.79 Å². The Morgan fingerprint density at radius 3 is 2.44 bits per heavy atom. The molecule has 0 atom stereocenters. The molecule has 0 fully saturated rings. The van der Waals surface area contributed by atoms with Crippen molar-refractivity contribution in [2.45, 2.75) is 4.90 Å². The largest absolute Gasteiger partial charge is 0.478 e. The normalized spacial score (nSPS) is 10.8. The topological polar surface area (TPSA) is 118 Å². The van der Waals surface area contributed by atoms with E-state index in [9.17, 15) is 18.0 Å². The van der Waals surface area contributed by atoms with Gasteiger partial charge in [-0.15, -0.1) is 0 Å². The molecule has 0 radical (unpaired) electrons. The highest BCUT2D eigenvalue weighted by atomic mass is 32.2. The van der Waals surface area contributed by atoms with Gasteiger partial charge in [0.2, 0.25) is 0 Å². The van der Waals surface area contributed by atoms with Crippen molar-refractivity contribution >= 4 is 22.6 Å². The lowest BCUT2D eigenvalue weighted by Gasteiger charge is -2.04. The molecule has 86 valence electrons. The Balaban J connectivity index is 3.44. The van der Waals surface area contributed by atoms with Gasteiger partial charge in [-0.3, -0.25) is 9.35 Å². The molecule has 0 aromatic heterocycles. The predicted molar refractivity (Wildman–Crippen MR) is 49.9 cm³/mol. The summed E-state index contributed by atoms with van der Waals surface area (Å²) in [6.07, 6.45) is 0. The molecule has 0 aliphatic carbocycles. The summed E-state index contributed by atoms with van der Waals surface area (Å²) < 4.78 is 34.8. The van der Waals surface area contributed by atoms with Crippen molar-refractivity contribution in [3.8, 4) is 5.75 Å². The standard InChI is InChI=1S/C8H6O7S/c9-4-15-5-1-2-6(8(10)11)7(3-5)16(12,13)14/h1-4H,(H,10,11)(H,12,13,14). The fraction of sp³-hybridized carbons (Fsp3) is 0. The van der Waals surface area contributed by atoms with Crippen LogP contribution in [0.5, 0.6) is 5.75 Å². The fourth-order valence-corrected chi connectivity index (χ4v) is 1.72. The molecule has 0 spiro atoms. The SMILES string of the molecule is O=COc1ccc(C(=O)O)c(S(=O)(=O)O)c1. The molecule has 0 aliphatic heterocycles. The van der Waals surface area contributed by atoms with Crippen LogP contribution in [0.4, 0.5) is 0 Å². The van der Waals surface area contributed by atoms with Crippen LogP contribution in [0.2, 0.25) is 0 Å². The van der Waals surface area contributed by atoms with Crippen molar-refractivity contribution in [3.05, 3.63) is 23.8 Å². The third-order valence-electron chi connectivity index (χ3n) is 1.65. The molecule has 0 amide bonds. The molecule has 8 heteroatoms. The van der Waals surface area contributed by atoms with Gasteiger partial charge in [0.15, 0.2) is 0 Å². The quantitative estimate of drug-likeness (QED) is 0.574. The number of carbonyl (C=O) groups is 2. The summed E-state index contributed by atoms with van der Waals surface area (Å²) in [5.74, 6) is -1.71. The number of aromatic carboxylic acids is 1. The molecule has 0 aliphatic rings. The minimum Gasteiger partial charge on any atom is -0.478 e. The van der Waals surface area contributed by atoms with E-state index < -0.39 is 26.5 Å². The first-order chi connectivity index (χ1) is 7.36. The number of benzene rings is 1. The van der Waals surface area contributed by atoms with Crippen molar-refractivity contribution in [1.82, 2.24) is 0 Å². The molecule has 0 saturated heterocycles. The molecule has 0 unspecified atom stereocenters. The van der Waals surface area contributed by atoms with Crippen LogP contribution < -0.4 is 4.74 Å². The molecular formula is C8H6O7S. The second kappa shape index (κ2) is 4.29. The van der Waals surface area contributed by atoms with Gasteiger partial charge >= 0.3 is 5.97 Å². The van der Waals surface area contributed by atoms with Crippen molar-refractivity contribution in [3.63, 3.8) is 0 Å². The zero-order chi connectivity index (χ0) is 12.3. The number of carbonyl (C=O) groups excluding carboxylic acids is 1. The lowest BCUT2D eigenvalue weighted by atomic mass is 10.2. The maximum absolute atomic E-state index is 10.9. The van der Waals surface area contributed by atoms with Crippen LogP contribution in [0, 0.1) is 0 Å². The predicted octanol–water partition coefficient (Wildman–Crippen LogP) is 0.167. The molecule has 16 heavy (non-hydrogen) atoms. The van der Waals surface area contributed by atoms with Crippen molar-refractivity contribution in [1.29, 1.82) is 0 Å². The number of carboxylic acid groups (broad SMARTS) is 1. The molecule has 0 heterocycles. The van der Waals surface area contributed by atoms with Crippen LogP contribution in [0.25, 0.3) is 0 Å². The van der Waals surface area contributed by atoms with Crippen molar-refractivity contribution < 1.29 is 32.4 Å². The van der Waals surface area contributed by atoms with Crippen LogP contribution in [-0.2, 0) is 14.9 Å². The molecule has 7 nitrogen and oxygen atoms in total. The third-order valence-corrected chi connectivity index (χ3v) is 2.54. The highest BCUT2D eigenvalue weighted by Gasteiger charge is 2.21. The van der Waals surface area contributed by atoms with Gasteiger partial charge < -0.3 is 9.84 Å². The summed E-state index contributed by atoms with van der Waals surface area (Å²) in [5.41, 5.74) is -0.610. The Kier molecular flexibility index (Phi) is 3.25. The molecule has 0 bridgehead atoms. The summed E-state index contributed by atoms with van der Waals surface area (Å²) in [4.78, 5) is 19.8. The maximum Gasteiger partial charge on any atom is 0.337 e. The Morgan fingerprint density at radius 1 is 1.38 bits per heavy atom. The average Bonchev–Trinajstić information content (AvgIpc) is 2.16. The lowest BCUT2D eigenvalue weighted by molar-refractivity contribution is -0.120. The van der Waals surface area contributed by atoms with Crippen LogP contribution >= 0.6 is 0 Å². The minimum atomic E-state index is -4.70. The maximum atomic E-state index is 10.9. The van der Waals surface area contributed by atoms with Crippen LogP contribution in [0.15, 0.2) is 23.1 Å². The van der Waals surface area contributed by atoms with E-state index in [2.05, 4.69) is 4.74 Å². The van der Waals surface area contributed by atoms with E-state index in [1.165, 1.54) is 0 Å². The molecule has 1 aromatic rings. The van der Waals surface area contributed by atoms with E-state index in [0.29, 0.717) is 0 Å². The highest BCUT2D eigenvalue weighted by Crippen LogP contribution is 2.21. The van der Waals surface area contributed by atoms with Crippen LogP contribution in [0.3, 0.4) is 0 Å². The molecule has 0 saturated carbocycles. The van der Waals surface area contributed by atoms with Gasteiger partial charge in [-0.2, -0.15) is 8.42 Å². The fourth-order valence-electron chi connectivity index (χ4n) is 1.02. The van der Waals surface area contributed by atoms with Gasteiger partial charge in [0, 0.05) is 6.07 Å². The van der Waals surface area contributed by atoms with E-state index in [1.807, 2.05) is 0 Å². The Hall–Kier alpha value is -1.93. The first kappa shape index (κ1) is 12.1. The Labute approximate surface area is 90.0 Å². The van der Waals surface area contributed by atoms with E-state index in [0.717, 1.165) is 18.2 Å². The van der Waals surface area contributed by atoms with Crippen LogP contribution in [-0.4, -0.2) is 30.5 Å². The Morgan fingerprint density at radius 2 is 2.00 bits per heavy atom. The molecule has 1 aromatic carbocycles. The first-order valence-corrected chi connectivity index (χ1v) is 5.25. The summed E-state index contributed by atoms with van der Waals surface area (Å²) in [6.45, 7) is 0.0452. The number of ether oxygens (including phenoxy) is 1. The van der Waals surface area contributed by atoms with Gasteiger partial charge in [0.1, 0.15) is 10.6 Å². The van der Waals surface area contributed by atoms with Crippen molar-refractivity contribution in [2.75, 3.05) is 0 Å². The number of hydrogen-bond acceptors (Lipinski definition) is 5. The average molecular weight is 246 g/mol. The van der Waals surface area contributed by atoms with E-state index in [-0.39, 0.29) is 12.2 Å². The van der Waals surface area contributed by atoms with Gasteiger partial charge in [-0.1, -0.05) is 0 Å². The molecule has 1 rings (SSSR count). The summed E-state index contributed by atoms with van der Waals surface area (Å²) in [5, 5.41) is 8.66. The van der Waals surface area contributed by atoms with E-state index >= 15 is 0 Å². The number of carboxylic acids is 1. The third kappa shape index (κ3) is 2.55. The smallest absolute Gasteiger partial charge is 0.337 e. The number of hydrogen-bond donors (Lipinski definition) is 2. The van der Waals surface area contributed by atoms with E-state index in [1.54, 1.807) is 0 Å². The molecule has 2 N–H and O–H groups in total. The first-order valence-electron chi connectivity index (χ1n) is 3.81. The monoisotopic (exact) mass is 246 g/mol. The van der Waals surface area contributed by atoms with Crippen molar-refractivity contribution in [2.24, 2.45) is 0 Å². The molecular weight excluding hydrogens is 240 g/mol. The van der Waals surface area contributed by atoms with Gasteiger partial charge in [-0.05, 0) is 12.1 Å². The second-order valence-electron chi connectivity index (χ2n) is 2.65. The highest BCUT2D eigenvalue weighted by molar-refractivity contribution is 7.86. The number of rotatable bonds is 4. The second-order valence-corrected chi connectivity index (χ2v) is 4.04. The van der Waals surface area contributed by atoms with E-state index in [4.69, 9.17) is 9.66 Å². The van der Waals surface area contributed by atoms with Gasteiger partial charge in [0.25, 0.3) is 16.6 Å². The van der Waals surface area contributed by atoms with Crippen LogP contribution in [0.1, 0.15) is 10.4 Å². The summed E-state index contributed by atoms with van der Waals surface area (Å²) in [6, 6.07) is 2.74. The zero-order valence-electron chi connectivity index (χ0n) is 7.65. The summed E-state index contributed by atoms with van der Waals surface area (Å²) in [7, 11) is -4.70.